The molecule has 3 aromatic rings. The summed E-state index contributed by atoms with van der Waals surface area (Å²) in [6, 6.07) is 6.62. The van der Waals surface area contributed by atoms with Crippen LogP contribution in [0.4, 0.5) is 8.78 Å². The Hall–Kier alpha value is -2.11. The zero-order valence-corrected chi connectivity index (χ0v) is 12.1. The molecule has 0 amide bonds. The van der Waals surface area contributed by atoms with Gasteiger partial charge in [0.05, 0.1) is 11.2 Å². The lowest BCUT2D eigenvalue weighted by molar-refractivity contribution is 0.300. The summed E-state index contributed by atoms with van der Waals surface area (Å²) in [6.45, 7) is -0.118. The molecule has 0 aliphatic carbocycles. The molecule has 0 atom stereocenters. The molecule has 3 nitrogen and oxygen atoms in total. The summed E-state index contributed by atoms with van der Waals surface area (Å²) in [5.41, 5.74) is 1.97. The van der Waals surface area contributed by atoms with E-state index in [4.69, 9.17) is 11.6 Å². The molecule has 0 radical (unpaired) electrons. The first kappa shape index (κ1) is 14.8. The number of aliphatic hydroxyl groups is 1. The number of halogens is 3. The van der Waals surface area contributed by atoms with E-state index in [0.717, 1.165) is 6.07 Å². The Morgan fingerprint density at radius 2 is 1.82 bits per heavy atom. The van der Waals surface area contributed by atoms with Gasteiger partial charge in [-0.05, 0) is 41.8 Å². The predicted molar refractivity (Wildman–Crippen MR) is 80.7 cm³/mol. The molecule has 1 aromatic heterocycles. The van der Waals surface area contributed by atoms with Crippen LogP contribution in [0, 0.1) is 11.6 Å². The number of fused-ring (bicyclic) bond motifs is 1. The number of hydrogen-bond donors (Lipinski definition) is 1. The Bertz CT molecular complexity index is 835. The largest absolute Gasteiger partial charge is 0.396 e. The summed E-state index contributed by atoms with van der Waals surface area (Å²) in [7, 11) is 0. The molecule has 0 saturated carbocycles. The van der Waals surface area contributed by atoms with Crippen molar-refractivity contribution in [3.8, 4) is 11.1 Å². The molecular weight excluding hydrogens is 310 g/mol. The van der Waals surface area contributed by atoms with Crippen LogP contribution < -0.4 is 0 Å². The topological polar surface area (TPSA) is 46.0 Å². The minimum atomic E-state index is -0.683. The lowest BCUT2D eigenvalue weighted by Crippen LogP contribution is -1.99. The van der Waals surface area contributed by atoms with E-state index in [1.54, 1.807) is 12.1 Å². The SMILES string of the molecule is OCCc1cc(Cl)c2ccnnc2c1-c1cc(F)cc(F)c1. The van der Waals surface area contributed by atoms with Crippen molar-refractivity contribution in [1.29, 1.82) is 0 Å². The zero-order chi connectivity index (χ0) is 15.7. The normalized spacial score (nSPS) is 11.1. The van der Waals surface area contributed by atoms with E-state index in [-0.39, 0.29) is 6.61 Å². The Morgan fingerprint density at radius 3 is 2.50 bits per heavy atom. The predicted octanol–water partition coefficient (Wildman–Crippen LogP) is 3.76. The third-order valence-electron chi connectivity index (χ3n) is 3.37. The van der Waals surface area contributed by atoms with Crippen LogP contribution in [-0.2, 0) is 6.42 Å². The summed E-state index contributed by atoms with van der Waals surface area (Å²) in [4.78, 5) is 0. The minimum absolute atomic E-state index is 0.118. The van der Waals surface area contributed by atoms with Crippen LogP contribution in [0.1, 0.15) is 5.56 Å². The van der Waals surface area contributed by atoms with Gasteiger partial charge in [-0.1, -0.05) is 11.6 Å². The van der Waals surface area contributed by atoms with Gasteiger partial charge in [0.2, 0.25) is 0 Å². The Labute approximate surface area is 130 Å². The van der Waals surface area contributed by atoms with Gasteiger partial charge < -0.3 is 5.11 Å². The van der Waals surface area contributed by atoms with E-state index >= 15 is 0 Å². The third kappa shape index (κ3) is 2.65. The Morgan fingerprint density at radius 1 is 1.09 bits per heavy atom. The van der Waals surface area contributed by atoms with Crippen LogP contribution in [-0.4, -0.2) is 21.9 Å². The van der Waals surface area contributed by atoms with Crippen LogP contribution in [0.25, 0.3) is 22.0 Å². The fourth-order valence-corrected chi connectivity index (χ4v) is 2.79. The molecule has 1 heterocycles. The van der Waals surface area contributed by atoms with Gasteiger partial charge in [-0.2, -0.15) is 5.10 Å². The maximum atomic E-state index is 13.6. The van der Waals surface area contributed by atoms with Crippen molar-refractivity contribution in [1.82, 2.24) is 10.2 Å². The number of rotatable bonds is 3. The Balaban J connectivity index is 2.39. The fourth-order valence-electron chi connectivity index (χ4n) is 2.50. The molecule has 1 N–H and O–H groups in total. The van der Waals surface area contributed by atoms with Gasteiger partial charge in [0, 0.05) is 23.6 Å². The number of nitrogens with zero attached hydrogens (tertiary/aromatic N) is 2. The van der Waals surface area contributed by atoms with E-state index in [2.05, 4.69) is 10.2 Å². The quantitative estimate of drug-likeness (QED) is 0.799. The number of hydrogen-bond acceptors (Lipinski definition) is 3. The number of benzene rings is 2. The molecule has 0 aliphatic rings. The van der Waals surface area contributed by atoms with E-state index in [9.17, 15) is 13.9 Å². The lowest BCUT2D eigenvalue weighted by atomic mass is 9.94. The highest BCUT2D eigenvalue weighted by Gasteiger charge is 2.16. The van der Waals surface area contributed by atoms with Gasteiger partial charge in [-0.15, -0.1) is 5.10 Å². The molecule has 2 aromatic carbocycles. The molecule has 22 heavy (non-hydrogen) atoms. The standard InChI is InChI=1S/C16H11ClF2N2O/c17-14-7-9(2-4-22)15(16-13(14)1-3-20-21-16)10-5-11(18)8-12(19)6-10/h1,3,5-8,22H,2,4H2. The van der Waals surface area contributed by atoms with Crippen molar-refractivity contribution in [3.63, 3.8) is 0 Å². The van der Waals surface area contributed by atoms with Gasteiger partial charge in [0.15, 0.2) is 0 Å². The summed E-state index contributed by atoms with van der Waals surface area (Å²) in [5.74, 6) is -1.37. The highest BCUT2D eigenvalue weighted by Crippen LogP contribution is 2.35. The average molecular weight is 321 g/mol. The summed E-state index contributed by atoms with van der Waals surface area (Å²) in [6.07, 6.45) is 1.79. The smallest absolute Gasteiger partial charge is 0.126 e. The maximum absolute atomic E-state index is 13.6. The molecule has 0 fully saturated rings. The third-order valence-corrected chi connectivity index (χ3v) is 3.68. The van der Waals surface area contributed by atoms with Crippen LogP contribution in [0.2, 0.25) is 5.02 Å². The van der Waals surface area contributed by atoms with Crippen LogP contribution in [0.15, 0.2) is 36.5 Å². The molecule has 0 saturated heterocycles. The molecule has 112 valence electrons. The second-order valence-corrected chi connectivity index (χ2v) is 5.22. The average Bonchev–Trinajstić information content (AvgIpc) is 2.47. The second-order valence-electron chi connectivity index (χ2n) is 4.82. The van der Waals surface area contributed by atoms with Gasteiger partial charge in [-0.3, -0.25) is 0 Å². The molecule has 6 heteroatoms. The van der Waals surface area contributed by atoms with E-state index in [1.807, 2.05) is 0 Å². The van der Waals surface area contributed by atoms with Gasteiger partial charge >= 0.3 is 0 Å². The molecule has 0 bridgehead atoms. The van der Waals surface area contributed by atoms with Crippen LogP contribution in [0.3, 0.4) is 0 Å². The first-order chi connectivity index (χ1) is 10.6. The van der Waals surface area contributed by atoms with Gasteiger partial charge in [0.1, 0.15) is 17.2 Å². The van der Waals surface area contributed by atoms with Gasteiger partial charge in [0.25, 0.3) is 0 Å². The van der Waals surface area contributed by atoms with Crippen molar-refractivity contribution in [2.75, 3.05) is 6.61 Å². The van der Waals surface area contributed by atoms with Crippen molar-refractivity contribution in [2.45, 2.75) is 6.42 Å². The van der Waals surface area contributed by atoms with E-state index < -0.39 is 11.6 Å². The maximum Gasteiger partial charge on any atom is 0.126 e. The summed E-state index contributed by atoms with van der Waals surface area (Å²) >= 11 is 6.22. The summed E-state index contributed by atoms with van der Waals surface area (Å²) < 4.78 is 27.1. The number of aromatic nitrogens is 2. The van der Waals surface area contributed by atoms with Crippen molar-refractivity contribution < 1.29 is 13.9 Å². The molecular formula is C16H11ClF2N2O. The zero-order valence-electron chi connectivity index (χ0n) is 11.4. The highest BCUT2D eigenvalue weighted by atomic mass is 35.5. The highest BCUT2D eigenvalue weighted by molar-refractivity contribution is 6.36. The van der Waals surface area contributed by atoms with Crippen molar-refractivity contribution in [3.05, 3.63) is 58.7 Å². The van der Waals surface area contributed by atoms with Crippen molar-refractivity contribution in [2.24, 2.45) is 0 Å². The van der Waals surface area contributed by atoms with Crippen LogP contribution in [0.5, 0.6) is 0 Å². The fraction of sp³-hybridized carbons (Fsp3) is 0.125. The first-order valence-electron chi connectivity index (χ1n) is 6.60. The monoisotopic (exact) mass is 320 g/mol. The lowest BCUT2D eigenvalue weighted by Gasteiger charge is -2.13. The second kappa shape index (κ2) is 5.94. The number of aliphatic hydroxyl groups excluding tert-OH is 1. The minimum Gasteiger partial charge on any atom is -0.396 e. The molecule has 3 rings (SSSR count). The van der Waals surface area contributed by atoms with Crippen LogP contribution >= 0.6 is 11.6 Å². The summed E-state index contributed by atoms with van der Waals surface area (Å²) in [5, 5.41) is 18.2. The molecule has 0 unspecified atom stereocenters. The molecule has 0 spiro atoms. The molecule has 0 aliphatic heterocycles. The van der Waals surface area contributed by atoms with E-state index in [0.29, 0.717) is 39.0 Å². The first-order valence-corrected chi connectivity index (χ1v) is 6.98. The van der Waals surface area contributed by atoms with E-state index in [1.165, 1.54) is 18.3 Å². The van der Waals surface area contributed by atoms with Gasteiger partial charge in [-0.25, -0.2) is 8.78 Å². The van der Waals surface area contributed by atoms with Crippen molar-refractivity contribution >= 4 is 22.5 Å². The Kier molecular flexibility index (Phi) is 4.00.